The molecule has 3 aromatic heterocycles. The van der Waals surface area contributed by atoms with Crippen LogP contribution < -0.4 is 10.9 Å². The molecule has 6 nitrogen and oxygen atoms in total. The summed E-state index contributed by atoms with van der Waals surface area (Å²) in [5.41, 5.74) is 3.77. The third kappa shape index (κ3) is 2.25. The van der Waals surface area contributed by atoms with Crippen LogP contribution in [0.25, 0.3) is 43.6 Å². The Morgan fingerprint density at radius 2 is 1.89 bits per heavy atom. The highest BCUT2D eigenvalue weighted by Gasteiger charge is 2.17. The molecule has 1 unspecified atom stereocenters. The molecule has 0 aliphatic carbocycles. The van der Waals surface area contributed by atoms with Crippen molar-refractivity contribution in [3.63, 3.8) is 0 Å². The zero-order chi connectivity index (χ0) is 19.6. The van der Waals surface area contributed by atoms with Crippen molar-refractivity contribution in [3.05, 3.63) is 63.9 Å². The first-order valence-corrected chi connectivity index (χ1v) is 9.17. The van der Waals surface area contributed by atoms with Crippen molar-refractivity contribution >= 4 is 43.6 Å². The lowest BCUT2D eigenvalue weighted by Gasteiger charge is -2.21. The lowest BCUT2D eigenvalue weighted by molar-refractivity contribution is 0.321. The SMILES string of the molecule is CC(c1ccc2[nH]c3c(=O)c4cccnc4c4nc(=N)cc(c2c1)c34)N(C)C. The van der Waals surface area contributed by atoms with Gasteiger partial charge in [0, 0.05) is 28.5 Å². The predicted molar refractivity (Wildman–Crippen MR) is 112 cm³/mol. The first-order valence-electron chi connectivity index (χ1n) is 9.17. The van der Waals surface area contributed by atoms with E-state index < -0.39 is 0 Å². The predicted octanol–water partition coefficient (Wildman–Crippen LogP) is 3.32. The zero-order valence-corrected chi connectivity index (χ0v) is 15.9. The topological polar surface area (TPSA) is 85.7 Å². The Morgan fingerprint density at radius 3 is 2.68 bits per heavy atom. The molecule has 0 bridgehead atoms. The Labute approximate surface area is 160 Å². The van der Waals surface area contributed by atoms with Crippen LogP contribution in [-0.4, -0.2) is 33.9 Å². The molecule has 5 rings (SSSR count). The fourth-order valence-electron chi connectivity index (χ4n) is 3.91. The van der Waals surface area contributed by atoms with E-state index >= 15 is 0 Å². The molecule has 0 fully saturated rings. The normalized spacial score (nSPS) is 13.3. The number of aromatic amines is 1. The van der Waals surface area contributed by atoms with Crippen LogP contribution in [0.15, 0.2) is 47.4 Å². The van der Waals surface area contributed by atoms with E-state index in [2.05, 4.69) is 38.9 Å². The van der Waals surface area contributed by atoms with Crippen LogP contribution in [-0.2, 0) is 0 Å². The lowest BCUT2D eigenvalue weighted by Crippen LogP contribution is -2.16. The van der Waals surface area contributed by atoms with Crippen LogP contribution >= 0.6 is 0 Å². The van der Waals surface area contributed by atoms with E-state index in [4.69, 9.17) is 5.41 Å². The summed E-state index contributed by atoms with van der Waals surface area (Å²) in [5.74, 6) is 0. The molecule has 5 aromatic rings. The molecule has 2 aromatic carbocycles. The van der Waals surface area contributed by atoms with Gasteiger partial charge in [-0.2, -0.15) is 0 Å². The van der Waals surface area contributed by atoms with Gasteiger partial charge in [-0.1, -0.05) is 6.07 Å². The van der Waals surface area contributed by atoms with Gasteiger partial charge in [0.25, 0.3) is 0 Å². The highest BCUT2D eigenvalue weighted by Crippen LogP contribution is 2.32. The molecule has 138 valence electrons. The maximum atomic E-state index is 13.1. The number of aromatic nitrogens is 3. The van der Waals surface area contributed by atoms with Crippen LogP contribution in [0.4, 0.5) is 0 Å². The first kappa shape index (κ1) is 16.8. The maximum absolute atomic E-state index is 13.1. The van der Waals surface area contributed by atoms with Gasteiger partial charge in [0.15, 0.2) is 0 Å². The van der Waals surface area contributed by atoms with E-state index in [9.17, 15) is 4.79 Å². The number of pyridine rings is 3. The van der Waals surface area contributed by atoms with E-state index in [0.29, 0.717) is 21.9 Å². The van der Waals surface area contributed by atoms with Crippen LogP contribution in [0.5, 0.6) is 0 Å². The van der Waals surface area contributed by atoms with E-state index in [0.717, 1.165) is 21.7 Å². The Morgan fingerprint density at radius 1 is 1.07 bits per heavy atom. The van der Waals surface area contributed by atoms with Gasteiger partial charge in [-0.25, -0.2) is 4.98 Å². The van der Waals surface area contributed by atoms with Crippen molar-refractivity contribution in [3.8, 4) is 0 Å². The monoisotopic (exact) mass is 369 g/mol. The Hall–Kier alpha value is -3.38. The van der Waals surface area contributed by atoms with E-state index in [1.807, 2.05) is 20.2 Å². The van der Waals surface area contributed by atoms with E-state index in [1.54, 1.807) is 24.4 Å². The fourth-order valence-corrected chi connectivity index (χ4v) is 3.91. The van der Waals surface area contributed by atoms with Crippen LogP contribution in [0.1, 0.15) is 18.5 Å². The van der Waals surface area contributed by atoms with Gasteiger partial charge in [0.05, 0.1) is 10.9 Å². The molecule has 0 saturated carbocycles. The highest BCUT2D eigenvalue weighted by molar-refractivity contribution is 6.23. The van der Waals surface area contributed by atoms with E-state index in [1.165, 1.54) is 5.56 Å². The third-order valence-electron chi connectivity index (χ3n) is 5.62. The second kappa shape index (κ2) is 5.81. The molecule has 0 spiro atoms. The van der Waals surface area contributed by atoms with Gasteiger partial charge < -0.3 is 9.88 Å². The highest BCUT2D eigenvalue weighted by atomic mass is 16.1. The number of hydrogen-bond acceptors (Lipinski definition) is 5. The second-order valence-corrected chi connectivity index (χ2v) is 7.45. The van der Waals surface area contributed by atoms with Crippen molar-refractivity contribution in [2.24, 2.45) is 0 Å². The molecule has 0 radical (unpaired) electrons. The average molecular weight is 369 g/mol. The number of rotatable bonds is 2. The number of hydrogen-bond donors (Lipinski definition) is 2. The van der Waals surface area contributed by atoms with Gasteiger partial charge in [0.2, 0.25) is 5.43 Å². The minimum Gasteiger partial charge on any atom is -0.351 e. The molecule has 3 heterocycles. The van der Waals surface area contributed by atoms with Crippen LogP contribution in [0, 0.1) is 5.41 Å². The Kier molecular flexibility index (Phi) is 3.48. The summed E-state index contributed by atoms with van der Waals surface area (Å²) in [6.07, 6.45) is 1.66. The van der Waals surface area contributed by atoms with Crippen LogP contribution in [0.2, 0.25) is 0 Å². The molecule has 6 heteroatoms. The van der Waals surface area contributed by atoms with Crippen molar-refractivity contribution in [1.82, 2.24) is 19.9 Å². The minimum absolute atomic E-state index is 0.0900. The van der Waals surface area contributed by atoms with E-state index in [-0.39, 0.29) is 17.0 Å². The minimum atomic E-state index is -0.0900. The number of nitrogens with one attached hydrogen (secondary N) is 2. The van der Waals surface area contributed by atoms with Crippen LogP contribution in [0.3, 0.4) is 0 Å². The number of fused-ring (bicyclic) bond motifs is 4. The summed E-state index contributed by atoms with van der Waals surface area (Å²) in [6.45, 7) is 2.15. The molecule has 2 N–H and O–H groups in total. The van der Waals surface area contributed by atoms with Crippen molar-refractivity contribution in [2.75, 3.05) is 14.1 Å². The average Bonchev–Trinajstić information content (AvgIpc) is 2.70. The maximum Gasteiger partial charge on any atom is 0.212 e. The van der Waals surface area contributed by atoms with Crippen molar-refractivity contribution < 1.29 is 0 Å². The molecule has 28 heavy (non-hydrogen) atoms. The Bertz CT molecular complexity index is 1500. The van der Waals surface area contributed by atoms with Gasteiger partial charge in [-0.3, -0.25) is 15.2 Å². The molecule has 0 saturated heterocycles. The summed E-state index contributed by atoms with van der Waals surface area (Å²) < 4.78 is 0. The molecule has 0 amide bonds. The summed E-state index contributed by atoms with van der Waals surface area (Å²) >= 11 is 0. The number of H-pyrrole nitrogens is 1. The molecular formula is C22H19N5O. The quantitative estimate of drug-likeness (QED) is 0.369. The largest absolute Gasteiger partial charge is 0.351 e. The van der Waals surface area contributed by atoms with Gasteiger partial charge in [-0.15, -0.1) is 0 Å². The molecule has 1 atom stereocenters. The number of nitrogens with zero attached hydrogens (tertiary/aromatic N) is 3. The summed E-state index contributed by atoms with van der Waals surface area (Å²) in [4.78, 5) is 27.4. The standard InChI is InChI=1S/C22H19N5O/c1-11(27(2)3)12-6-7-16-14(9-12)15-10-17(23)26-20-18(15)21(25-16)22(28)13-5-4-8-24-19(13)20/h4-11,23,25H,1-3H3. The lowest BCUT2D eigenvalue weighted by atomic mass is 9.98. The first-order chi connectivity index (χ1) is 13.5. The van der Waals surface area contributed by atoms with Crippen molar-refractivity contribution in [2.45, 2.75) is 13.0 Å². The van der Waals surface area contributed by atoms with Gasteiger partial charge >= 0.3 is 0 Å². The zero-order valence-electron chi connectivity index (χ0n) is 15.9. The van der Waals surface area contributed by atoms with Gasteiger partial charge in [0.1, 0.15) is 16.5 Å². The van der Waals surface area contributed by atoms with Crippen molar-refractivity contribution in [1.29, 1.82) is 5.41 Å². The smallest absolute Gasteiger partial charge is 0.212 e. The summed E-state index contributed by atoms with van der Waals surface area (Å²) in [7, 11) is 4.09. The second-order valence-electron chi connectivity index (χ2n) is 7.45. The molecule has 0 aliphatic heterocycles. The summed E-state index contributed by atoms with van der Waals surface area (Å²) in [5, 5.41) is 11.3. The third-order valence-corrected chi connectivity index (χ3v) is 5.62. The summed E-state index contributed by atoms with van der Waals surface area (Å²) in [6, 6.07) is 11.7. The Balaban J connectivity index is 2.05. The number of benzene rings is 2. The fraction of sp³-hybridized carbons (Fsp3) is 0.182. The molecular weight excluding hydrogens is 350 g/mol. The van der Waals surface area contributed by atoms with Gasteiger partial charge in [-0.05, 0) is 62.3 Å². The molecule has 0 aliphatic rings.